The van der Waals surface area contributed by atoms with Gasteiger partial charge in [-0.3, -0.25) is 4.79 Å². The topological polar surface area (TPSA) is 75.1 Å². The number of anilines is 1. The maximum absolute atomic E-state index is 12.0. The Balaban J connectivity index is 1.89. The number of nitrogens with one attached hydrogen (secondary N) is 1. The lowest BCUT2D eigenvalue weighted by Crippen LogP contribution is -2.10. The van der Waals surface area contributed by atoms with Crippen LogP contribution in [0.4, 0.5) is 5.82 Å². The van der Waals surface area contributed by atoms with Crippen molar-refractivity contribution in [2.75, 3.05) is 11.9 Å². The fraction of sp³-hybridized carbons (Fsp3) is 0.286. The molecule has 146 valence electrons. The van der Waals surface area contributed by atoms with Gasteiger partial charge in [0.05, 0.1) is 0 Å². The van der Waals surface area contributed by atoms with Crippen LogP contribution in [-0.2, 0) is 4.79 Å². The monoisotopic (exact) mass is 415 g/mol. The van der Waals surface area contributed by atoms with Crippen molar-refractivity contribution >= 4 is 45.9 Å². The first-order valence-corrected chi connectivity index (χ1v) is 10.4. The van der Waals surface area contributed by atoms with Gasteiger partial charge in [0.15, 0.2) is 5.16 Å². The molecule has 0 spiro atoms. The molecule has 0 bridgehead atoms. The molecule has 1 heterocycles. The Morgan fingerprint density at radius 1 is 1.18 bits per heavy atom. The van der Waals surface area contributed by atoms with Crippen molar-refractivity contribution in [2.24, 2.45) is 5.92 Å². The third-order valence-corrected chi connectivity index (χ3v) is 5.53. The fourth-order valence-corrected chi connectivity index (χ4v) is 4.04. The van der Waals surface area contributed by atoms with Gasteiger partial charge in [-0.1, -0.05) is 79.7 Å². The number of fused-ring (bicyclic) bond motifs is 1. The van der Waals surface area contributed by atoms with E-state index in [-0.39, 0.29) is 5.15 Å². The number of thioether (sulfide) groups is 1. The van der Waals surface area contributed by atoms with Crippen molar-refractivity contribution in [3.8, 4) is 0 Å². The molecule has 0 radical (unpaired) electrons. The summed E-state index contributed by atoms with van der Waals surface area (Å²) in [4.78, 5) is 20.7. The van der Waals surface area contributed by atoms with E-state index < -0.39 is 11.2 Å². The molecule has 28 heavy (non-hydrogen) atoms. The zero-order valence-corrected chi connectivity index (χ0v) is 17.3. The second kappa shape index (κ2) is 9.26. The van der Waals surface area contributed by atoms with E-state index in [0.717, 1.165) is 35.5 Å². The Morgan fingerprint density at radius 2 is 1.93 bits per heavy atom. The highest BCUT2D eigenvalue weighted by atomic mass is 35.5. The molecule has 0 saturated carbocycles. The number of aromatic nitrogens is 2. The summed E-state index contributed by atoms with van der Waals surface area (Å²) >= 11 is 7.23. The molecule has 2 aromatic carbocycles. The Kier molecular flexibility index (Phi) is 6.75. The summed E-state index contributed by atoms with van der Waals surface area (Å²) in [7, 11) is 0. The molecule has 0 amide bonds. The average molecular weight is 416 g/mol. The summed E-state index contributed by atoms with van der Waals surface area (Å²) in [6.45, 7) is 5.07. The number of carboxylic acid groups (broad SMARTS) is 1. The first kappa shape index (κ1) is 20.4. The molecule has 1 atom stereocenters. The molecule has 0 saturated heterocycles. The Labute approximate surface area is 173 Å². The Hall–Kier alpha value is -2.31. The molecule has 2 N–H and O–H groups in total. The minimum Gasteiger partial charge on any atom is -0.480 e. The summed E-state index contributed by atoms with van der Waals surface area (Å²) in [6.07, 6.45) is 0.998. The van der Waals surface area contributed by atoms with Crippen molar-refractivity contribution in [2.45, 2.75) is 30.7 Å². The van der Waals surface area contributed by atoms with Crippen molar-refractivity contribution < 1.29 is 9.90 Å². The van der Waals surface area contributed by atoms with E-state index in [2.05, 4.69) is 29.1 Å². The standard InChI is InChI=1S/C21H22ClN3O2S/c1-13(2)10-11-23-18-12-17(22)24-21(25-18)28-19(20(26)27)16-9-5-7-14-6-3-4-8-15(14)16/h3-9,12-13,19H,10-11H2,1-2H3,(H,26,27)(H,23,24,25). The molecule has 0 aliphatic rings. The molecule has 3 rings (SSSR count). The molecular weight excluding hydrogens is 394 g/mol. The Bertz CT molecular complexity index is 976. The minimum absolute atomic E-state index is 0.284. The van der Waals surface area contributed by atoms with E-state index >= 15 is 0 Å². The van der Waals surface area contributed by atoms with Crippen LogP contribution in [0.2, 0.25) is 5.15 Å². The zero-order chi connectivity index (χ0) is 20.1. The third-order valence-electron chi connectivity index (χ3n) is 4.26. The van der Waals surface area contributed by atoms with Gasteiger partial charge in [0.25, 0.3) is 0 Å². The lowest BCUT2D eigenvalue weighted by Gasteiger charge is -2.15. The number of benzene rings is 2. The van der Waals surface area contributed by atoms with Gasteiger partial charge in [-0.25, -0.2) is 9.97 Å². The van der Waals surface area contributed by atoms with Gasteiger partial charge in [0.1, 0.15) is 16.2 Å². The minimum atomic E-state index is -0.945. The molecule has 0 aliphatic carbocycles. The van der Waals surface area contributed by atoms with Gasteiger partial charge < -0.3 is 10.4 Å². The average Bonchev–Trinajstić information content (AvgIpc) is 2.65. The first-order chi connectivity index (χ1) is 13.4. The summed E-state index contributed by atoms with van der Waals surface area (Å²) in [5.74, 6) is 0.228. The molecule has 1 aromatic heterocycles. The zero-order valence-electron chi connectivity index (χ0n) is 15.7. The lowest BCUT2D eigenvalue weighted by atomic mass is 10.0. The van der Waals surface area contributed by atoms with Crippen molar-refractivity contribution in [3.05, 3.63) is 59.2 Å². The van der Waals surface area contributed by atoms with Crippen LogP contribution in [0.1, 0.15) is 31.1 Å². The predicted octanol–water partition coefficient (Wildman–Crippen LogP) is 5.66. The van der Waals surface area contributed by atoms with E-state index in [1.807, 2.05) is 42.5 Å². The van der Waals surface area contributed by atoms with Crippen molar-refractivity contribution in [1.29, 1.82) is 0 Å². The SMILES string of the molecule is CC(C)CCNc1cc(Cl)nc(SC(C(=O)O)c2cccc3ccccc23)n1. The van der Waals surface area contributed by atoms with E-state index in [4.69, 9.17) is 11.6 Å². The highest BCUT2D eigenvalue weighted by Gasteiger charge is 2.25. The van der Waals surface area contributed by atoms with Gasteiger partial charge >= 0.3 is 5.97 Å². The molecule has 5 nitrogen and oxygen atoms in total. The molecule has 3 aromatic rings. The largest absolute Gasteiger partial charge is 0.480 e. The van der Waals surface area contributed by atoms with E-state index in [9.17, 15) is 9.90 Å². The maximum Gasteiger partial charge on any atom is 0.321 e. The first-order valence-electron chi connectivity index (χ1n) is 9.09. The number of carboxylic acids is 1. The van der Waals surface area contributed by atoms with Crippen LogP contribution in [-0.4, -0.2) is 27.6 Å². The second-order valence-corrected chi connectivity index (χ2v) is 8.33. The van der Waals surface area contributed by atoms with Crippen LogP contribution in [0.15, 0.2) is 53.7 Å². The number of nitrogens with zero attached hydrogens (tertiary/aromatic N) is 2. The van der Waals surface area contributed by atoms with Crippen LogP contribution in [0.25, 0.3) is 10.8 Å². The van der Waals surface area contributed by atoms with E-state index in [1.54, 1.807) is 6.07 Å². The quantitative estimate of drug-likeness (QED) is 0.281. The van der Waals surface area contributed by atoms with Crippen LogP contribution in [0.5, 0.6) is 0 Å². The van der Waals surface area contributed by atoms with Crippen LogP contribution in [0, 0.1) is 5.92 Å². The Morgan fingerprint density at radius 3 is 2.68 bits per heavy atom. The highest BCUT2D eigenvalue weighted by molar-refractivity contribution is 8.00. The van der Waals surface area contributed by atoms with Gasteiger partial charge in [-0.05, 0) is 28.7 Å². The summed E-state index contributed by atoms with van der Waals surface area (Å²) in [6, 6.07) is 15.1. The van der Waals surface area contributed by atoms with Crippen LogP contribution >= 0.6 is 23.4 Å². The number of rotatable bonds is 8. The third kappa shape index (κ3) is 5.14. The van der Waals surface area contributed by atoms with Gasteiger partial charge in [0.2, 0.25) is 0 Å². The van der Waals surface area contributed by atoms with Crippen molar-refractivity contribution in [1.82, 2.24) is 9.97 Å². The lowest BCUT2D eigenvalue weighted by molar-refractivity contribution is -0.136. The predicted molar refractivity (Wildman–Crippen MR) is 115 cm³/mol. The summed E-state index contributed by atoms with van der Waals surface area (Å²) in [5, 5.41) is 14.8. The van der Waals surface area contributed by atoms with E-state index in [1.165, 1.54) is 0 Å². The number of carbonyl (C=O) groups is 1. The fourth-order valence-electron chi connectivity index (χ4n) is 2.86. The van der Waals surface area contributed by atoms with E-state index in [0.29, 0.717) is 22.5 Å². The number of hydrogen-bond acceptors (Lipinski definition) is 5. The normalized spacial score (nSPS) is 12.3. The summed E-state index contributed by atoms with van der Waals surface area (Å²) < 4.78 is 0. The smallest absolute Gasteiger partial charge is 0.321 e. The highest BCUT2D eigenvalue weighted by Crippen LogP contribution is 2.38. The number of halogens is 1. The second-order valence-electron chi connectivity index (χ2n) is 6.87. The van der Waals surface area contributed by atoms with Gasteiger partial charge in [0, 0.05) is 12.6 Å². The van der Waals surface area contributed by atoms with Gasteiger partial charge in [-0.15, -0.1) is 0 Å². The van der Waals surface area contributed by atoms with Crippen molar-refractivity contribution in [3.63, 3.8) is 0 Å². The number of aliphatic carboxylic acids is 1. The molecule has 1 unspecified atom stereocenters. The summed E-state index contributed by atoms with van der Waals surface area (Å²) in [5.41, 5.74) is 0.716. The maximum atomic E-state index is 12.0. The molecular formula is C21H22ClN3O2S. The molecule has 0 fully saturated rings. The molecule has 7 heteroatoms. The van der Waals surface area contributed by atoms with Crippen LogP contribution in [0.3, 0.4) is 0 Å². The van der Waals surface area contributed by atoms with Gasteiger partial charge in [-0.2, -0.15) is 0 Å². The van der Waals surface area contributed by atoms with Crippen LogP contribution < -0.4 is 5.32 Å². The number of hydrogen-bond donors (Lipinski definition) is 2. The molecule has 0 aliphatic heterocycles.